The Bertz CT molecular complexity index is 1930. The van der Waals surface area contributed by atoms with Crippen molar-refractivity contribution in [2.75, 3.05) is 26.4 Å². The summed E-state index contributed by atoms with van der Waals surface area (Å²) in [4.78, 5) is 52.4. The normalized spacial score (nSPS) is 10.8. The van der Waals surface area contributed by atoms with Gasteiger partial charge in [-0.15, -0.1) is 0 Å². The van der Waals surface area contributed by atoms with Crippen molar-refractivity contribution < 1.29 is 47.6 Å². The van der Waals surface area contributed by atoms with Gasteiger partial charge in [-0.25, -0.2) is 19.2 Å². The number of hydrogen-bond acceptors (Lipinski definition) is 11. The summed E-state index contributed by atoms with van der Waals surface area (Å²) in [6, 6.07) is 25.6. The Labute approximate surface area is 314 Å². The van der Waals surface area contributed by atoms with Crippen LogP contribution in [-0.2, 0) is 19.1 Å². The van der Waals surface area contributed by atoms with Crippen LogP contribution in [0.3, 0.4) is 0 Å². The van der Waals surface area contributed by atoms with Crippen molar-refractivity contribution in [3.63, 3.8) is 0 Å². The molecule has 0 unspecified atom stereocenters. The Morgan fingerprint density at radius 2 is 0.963 bits per heavy atom. The van der Waals surface area contributed by atoms with Crippen molar-refractivity contribution >= 4 is 35.3 Å². The van der Waals surface area contributed by atoms with Crippen LogP contribution < -0.4 is 18.9 Å². The predicted octanol–water partition coefficient (Wildman–Crippen LogP) is 8.35. The lowest BCUT2D eigenvalue weighted by Crippen LogP contribution is -2.09. The van der Waals surface area contributed by atoms with E-state index < -0.39 is 23.9 Å². The first kappa shape index (κ1) is 40.3. The van der Waals surface area contributed by atoms with Crippen molar-refractivity contribution in [2.24, 2.45) is 4.99 Å². The number of aryl methyl sites for hydroxylation is 1. The van der Waals surface area contributed by atoms with Crippen LogP contribution in [0.1, 0.15) is 64.4 Å². The summed E-state index contributed by atoms with van der Waals surface area (Å²) >= 11 is 0. The molecule has 0 saturated heterocycles. The molecule has 0 spiro atoms. The zero-order valence-electron chi connectivity index (χ0n) is 30.4. The van der Waals surface area contributed by atoms with Gasteiger partial charge >= 0.3 is 23.9 Å². The Morgan fingerprint density at radius 1 is 0.556 bits per heavy atom. The molecule has 11 nitrogen and oxygen atoms in total. The molecule has 0 bridgehead atoms. The molecule has 0 radical (unpaired) electrons. The van der Waals surface area contributed by atoms with Crippen LogP contribution in [-0.4, -0.2) is 56.0 Å². The van der Waals surface area contributed by atoms with Gasteiger partial charge in [-0.2, -0.15) is 0 Å². The highest BCUT2D eigenvalue weighted by molar-refractivity contribution is 6.00. The lowest BCUT2D eigenvalue weighted by atomic mass is 10.1. The van der Waals surface area contributed by atoms with E-state index in [1.165, 1.54) is 0 Å². The molecule has 0 aliphatic rings. The second kappa shape index (κ2) is 21.1. The van der Waals surface area contributed by atoms with Gasteiger partial charge in [0.1, 0.15) is 23.0 Å². The van der Waals surface area contributed by atoms with Crippen LogP contribution in [0.4, 0.5) is 5.69 Å². The molecule has 11 heteroatoms. The third-order valence-electron chi connectivity index (χ3n) is 7.77. The molecule has 0 aromatic heterocycles. The molecular formula is C43H43NO10. The van der Waals surface area contributed by atoms with Crippen LogP contribution in [0.2, 0.25) is 0 Å². The molecule has 4 rings (SSSR count). The number of rotatable bonds is 20. The molecule has 4 aromatic carbocycles. The van der Waals surface area contributed by atoms with Gasteiger partial charge in [-0.05, 0) is 142 Å². The first-order valence-corrected chi connectivity index (χ1v) is 17.4. The number of nitrogens with zero attached hydrogens (tertiary/aromatic N) is 1. The van der Waals surface area contributed by atoms with Gasteiger partial charge in [-0.1, -0.05) is 13.2 Å². The van der Waals surface area contributed by atoms with Crippen LogP contribution in [0, 0.1) is 6.92 Å². The molecule has 0 atom stereocenters. The van der Waals surface area contributed by atoms with Crippen molar-refractivity contribution in [3.8, 4) is 23.0 Å². The lowest BCUT2D eigenvalue weighted by molar-refractivity contribution is -0.138. The summed E-state index contributed by atoms with van der Waals surface area (Å²) in [6.45, 7) is 12.0. The Kier molecular flexibility index (Phi) is 15.8. The van der Waals surface area contributed by atoms with Crippen molar-refractivity contribution in [2.45, 2.75) is 39.5 Å². The predicted molar refractivity (Wildman–Crippen MR) is 204 cm³/mol. The number of carbonyl (C=O) groups excluding carboxylic acids is 4. The first-order chi connectivity index (χ1) is 26.1. The standard InChI is InChI=1S/C43H43NO10/c1-5-40(45)51-27-9-7-25-49-35-17-13-33(14-18-35)42(47)53-37-21-11-32(12-22-37)31(4)44-39-24-23-38(29-30(39)3)54-43(48)34-15-19-36(20-16-34)50-26-8-10-28-52-41(46)6-2/h5-6,11-24,29H,1-2,7-10,25-28H2,3-4H3/b44-31+. The van der Waals surface area contributed by atoms with E-state index in [1.54, 1.807) is 78.9 Å². The first-order valence-electron chi connectivity index (χ1n) is 17.4. The van der Waals surface area contributed by atoms with E-state index in [0.717, 1.165) is 29.0 Å². The molecule has 0 aliphatic carbocycles. The van der Waals surface area contributed by atoms with Crippen molar-refractivity contribution in [1.29, 1.82) is 0 Å². The van der Waals surface area contributed by atoms with E-state index in [9.17, 15) is 19.2 Å². The van der Waals surface area contributed by atoms with Gasteiger partial charge in [0.2, 0.25) is 0 Å². The zero-order valence-corrected chi connectivity index (χ0v) is 30.4. The molecule has 4 aromatic rings. The summed E-state index contributed by atoms with van der Waals surface area (Å²) in [5.74, 6) is 0.115. The molecule has 0 amide bonds. The SMILES string of the molecule is C=CC(=O)OCCCCOc1ccc(C(=O)Oc2ccc(/C(C)=N/c3ccc(OC(=O)c4ccc(OCCCCOC(=O)C=C)cc4)cc3C)cc2)cc1. The number of carbonyl (C=O) groups is 4. The van der Waals surface area contributed by atoms with Crippen molar-refractivity contribution in [1.82, 2.24) is 0 Å². The highest BCUT2D eigenvalue weighted by atomic mass is 16.5. The molecule has 54 heavy (non-hydrogen) atoms. The summed E-state index contributed by atoms with van der Waals surface area (Å²) in [7, 11) is 0. The van der Waals surface area contributed by atoms with Crippen molar-refractivity contribution in [3.05, 3.63) is 139 Å². The summed E-state index contributed by atoms with van der Waals surface area (Å²) < 4.78 is 32.4. The van der Waals surface area contributed by atoms with E-state index in [4.69, 9.17) is 33.4 Å². The second-order valence-electron chi connectivity index (χ2n) is 11.9. The Balaban J connectivity index is 1.22. The number of hydrogen-bond donors (Lipinski definition) is 0. The third kappa shape index (κ3) is 13.2. The number of ether oxygens (including phenoxy) is 6. The van der Waals surface area contributed by atoms with Crippen LogP contribution >= 0.6 is 0 Å². The average molecular weight is 734 g/mol. The lowest BCUT2D eigenvalue weighted by Gasteiger charge is -2.10. The largest absolute Gasteiger partial charge is 0.494 e. The second-order valence-corrected chi connectivity index (χ2v) is 11.9. The Morgan fingerprint density at radius 3 is 1.43 bits per heavy atom. The minimum Gasteiger partial charge on any atom is -0.494 e. The summed E-state index contributed by atoms with van der Waals surface area (Å²) in [6.07, 6.45) is 4.99. The fourth-order valence-electron chi connectivity index (χ4n) is 4.78. The summed E-state index contributed by atoms with van der Waals surface area (Å²) in [5, 5.41) is 0. The van der Waals surface area contributed by atoms with Gasteiger partial charge in [0.15, 0.2) is 0 Å². The Hall–Kier alpha value is -6.49. The highest BCUT2D eigenvalue weighted by Crippen LogP contribution is 2.26. The highest BCUT2D eigenvalue weighted by Gasteiger charge is 2.12. The van der Waals surface area contributed by atoms with Crippen LogP contribution in [0.15, 0.2) is 121 Å². The average Bonchev–Trinajstić information content (AvgIpc) is 3.18. The molecule has 0 fully saturated rings. The molecule has 0 heterocycles. The monoisotopic (exact) mass is 733 g/mol. The molecule has 0 aliphatic heterocycles. The fourth-order valence-corrected chi connectivity index (χ4v) is 4.78. The van der Waals surface area contributed by atoms with Crippen LogP contribution in [0.25, 0.3) is 0 Å². The number of esters is 4. The fraction of sp³-hybridized carbons (Fsp3) is 0.233. The van der Waals surface area contributed by atoms with E-state index in [1.807, 2.05) is 26.0 Å². The van der Waals surface area contributed by atoms with Crippen LogP contribution in [0.5, 0.6) is 23.0 Å². The van der Waals surface area contributed by atoms with Gasteiger partial charge in [0.25, 0.3) is 0 Å². The van der Waals surface area contributed by atoms with E-state index in [2.05, 4.69) is 13.2 Å². The van der Waals surface area contributed by atoms with Gasteiger partial charge < -0.3 is 28.4 Å². The maximum atomic E-state index is 12.8. The molecule has 0 N–H and O–H groups in total. The van der Waals surface area contributed by atoms with E-state index >= 15 is 0 Å². The zero-order chi connectivity index (χ0) is 38.7. The van der Waals surface area contributed by atoms with E-state index in [0.29, 0.717) is 91.9 Å². The maximum Gasteiger partial charge on any atom is 0.343 e. The maximum absolute atomic E-state index is 12.8. The number of aliphatic imine (C=N–C) groups is 1. The number of unbranched alkanes of at least 4 members (excludes halogenated alkanes) is 2. The van der Waals surface area contributed by atoms with Gasteiger partial charge in [0.05, 0.1) is 43.2 Å². The third-order valence-corrected chi connectivity index (χ3v) is 7.77. The summed E-state index contributed by atoms with van der Waals surface area (Å²) in [5.41, 5.74) is 3.86. The van der Waals surface area contributed by atoms with Gasteiger partial charge in [0, 0.05) is 17.9 Å². The molecule has 280 valence electrons. The minimum absolute atomic E-state index is 0.304. The topological polar surface area (TPSA) is 136 Å². The molecule has 0 saturated carbocycles. The van der Waals surface area contributed by atoms with E-state index in [-0.39, 0.29) is 0 Å². The smallest absolute Gasteiger partial charge is 0.343 e. The molecular weight excluding hydrogens is 690 g/mol. The quantitative estimate of drug-likeness (QED) is 0.0287. The number of benzene rings is 4. The van der Waals surface area contributed by atoms with Gasteiger partial charge in [-0.3, -0.25) is 4.99 Å². The minimum atomic E-state index is -0.502.